The van der Waals surface area contributed by atoms with Gasteiger partial charge in [-0.05, 0) is 38.6 Å². The van der Waals surface area contributed by atoms with Gasteiger partial charge in [-0.1, -0.05) is 19.3 Å². The predicted molar refractivity (Wildman–Crippen MR) is 69.8 cm³/mol. The van der Waals surface area contributed by atoms with Gasteiger partial charge in [0.05, 0.1) is 18.7 Å². The van der Waals surface area contributed by atoms with Crippen molar-refractivity contribution in [3.05, 3.63) is 0 Å². The smallest absolute Gasteiger partial charge is 0.234 e. The fourth-order valence-electron chi connectivity index (χ4n) is 3.03. The first-order valence-electron chi connectivity index (χ1n) is 7.22. The van der Waals surface area contributed by atoms with Gasteiger partial charge < -0.3 is 5.32 Å². The second kappa shape index (κ2) is 6.75. The average molecular weight is 249 g/mol. The number of nitriles is 1. The largest absolute Gasteiger partial charge is 0.352 e. The van der Waals surface area contributed by atoms with Crippen LogP contribution in [-0.4, -0.2) is 36.0 Å². The molecule has 0 spiro atoms. The van der Waals surface area contributed by atoms with Crippen molar-refractivity contribution < 1.29 is 4.79 Å². The molecule has 2 rings (SSSR count). The van der Waals surface area contributed by atoms with Crippen molar-refractivity contribution in [2.45, 2.75) is 63.5 Å². The van der Waals surface area contributed by atoms with Crippen LogP contribution in [0.1, 0.15) is 51.4 Å². The molecule has 18 heavy (non-hydrogen) atoms. The number of likely N-dealkylation sites (tertiary alicyclic amines) is 1. The van der Waals surface area contributed by atoms with Crippen molar-refractivity contribution in [3.63, 3.8) is 0 Å². The van der Waals surface area contributed by atoms with Crippen LogP contribution >= 0.6 is 0 Å². The van der Waals surface area contributed by atoms with Gasteiger partial charge in [0.1, 0.15) is 0 Å². The van der Waals surface area contributed by atoms with E-state index in [4.69, 9.17) is 5.26 Å². The molecule has 1 atom stereocenters. The molecule has 1 aliphatic carbocycles. The van der Waals surface area contributed by atoms with Gasteiger partial charge in [-0.3, -0.25) is 9.69 Å². The molecule has 2 aliphatic rings. The minimum Gasteiger partial charge on any atom is -0.352 e. The Balaban J connectivity index is 1.77. The van der Waals surface area contributed by atoms with Crippen LogP contribution in [0.2, 0.25) is 0 Å². The molecule has 1 heterocycles. The van der Waals surface area contributed by atoms with Crippen LogP contribution in [-0.2, 0) is 4.79 Å². The maximum Gasteiger partial charge on any atom is 0.234 e. The summed E-state index contributed by atoms with van der Waals surface area (Å²) in [6.07, 6.45) is 9.13. The number of nitrogens with one attached hydrogen (secondary N) is 1. The van der Waals surface area contributed by atoms with E-state index in [0.29, 0.717) is 12.6 Å². The lowest BCUT2D eigenvalue weighted by Crippen LogP contribution is -2.47. The molecule has 1 saturated heterocycles. The second-order valence-electron chi connectivity index (χ2n) is 5.51. The van der Waals surface area contributed by atoms with E-state index in [1.165, 1.54) is 19.3 Å². The second-order valence-corrected chi connectivity index (χ2v) is 5.51. The van der Waals surface area contributed by atoms with E-state index in [1.807, 2.05) is 4.90 Å². The Hall–Kier alpha value is -1.08. The number of hydrogen-bond acceptors (Lipinski definition) is 3. The minimum atomic E-state index is -0.0594. The van der Waals surface area contributed by atoms with Crippen LogP contribution < -0.4 is 5.32 Å². The summed E-state index contributed by atoms with van der Waals surface area (Å²) in [5.41, 5.74) is 0. The third-order valence-electron chi connectivity index (χ3n) is 4.08. The Kier molecular flexibility index (Phi) is 5.00. The van der Waals surface area contributed by atoms with Crippen molar-refractivity contribution >= 4 is 5.91 Å². The van der Waals surface area contributed by atoms with E-state index in [-0.39, 0.29) is 11.9 Å². The predicted octanol–water partition coefficient (Wildman–Crippen LogP) is 1.81. The van der Waals surface area contributed by atoms with Crippen molar-refractivity contribution in [2.24, 2.45) is 0 Å². The number of piperidine rings is 1. The molecule has 1 aliphatic heterocycles. The fourth-order valence-corrected chi connectivity index (χ4v) is 3.03. The molecule has 4 nitrogen and oxygen atoms in total. The van der Waals surface area contributed by atoms with Gasteiger partial charge in [0.2, 0.25) is 5.91 Å². The first-order valence-corrected chi connectivity index (χ1v) is 7.22. The molecule has 1 amide bonds. The number of nitrogens with zero attached hydrogens (tertiary/aromatic N) is 2. The molecule has 0 aromatic carbocycles. The molecule has 1 saturated carbocycles. The zero-order valence-electron chi connectivity index (χ0n) is 11.0. The highest BCUT2D eigenvalue weighted by Gasteiger charge is 2.24. The summed E-state index contributed by atoms with van der Waals surface area (Å²) < 4.78 is 0. The molecule has 1 N–H and O–H groups in total. The standard InChI is InChI=1S/C14H23N3O/c15-10-13-8-4-5-9-17(13)11-14(18)16-12-6-2-1-3-7-12/h12-13H,1-9,11H2,(H,16,18). The van der Waals surface area contributed by atoms with Crippen molar-refractivity contribution in [1.82, 2.24) is 10.2 Å². The van der Waals surface area contributed by atoms with E-state index >= 15 is 0 Å². The van der Waals surface area contributed by atoms with Gasteiger partial charge in [0.25, 0.3) is 0 Å². The number of rotatable bonds is 3. The number of carbonyl (C=O) groups excluding carboxylic acids is 1. The van der Waals surface area contributed by atoms with Gasteiger partial charge in [-0.2, -0.15) is 5.26 Å². The Labute approximate surface area is 109 Å². The average Bonchev–Trinajstić information content (AvgIpc) is 2.40. The van der Waals surface area contributed by atoms with Crippen LogP contribution in [0, 0.1) is 11.3 Å². The van der Waals surface area contributed by atoms with Gasteiger partial charge in [0, 0.05) is 6.04 Å². The highest BCUT2D eigenvalue weighted by molar-refractivity contribution is 5.78. The van der Waals surface area contributed by atoms with Gasteiger partial charge in [0.15, 0.2) is 0 Å². The van der Waals surface area contributed by atoms with E-state index in [0.717, 1.165) is 38.6 Å². The summed E-state index contributed by atoms with van der Waals surface area (Å²) in [6.45, 7) is 1.28. The lowest BCUT2D eigenvalue weighted by Gasteiger charge is -2.31. The third-order valence-corrected chi connectivity index (χ3v) is 4.08. The van der Waals surface area contributed by atoms with Crippen molar-refractivity contribution in [3.8, 4) is 6.07 Å². The molecule has 0 bridgehead atoms. The third kappa shape index (κ3) is 3.71. The lowest BCUT2D eigenvalue weighted by molar-refractivity contribution is -0.123. The molecule has 4 heteroatoms. The first-order chi connectivity index (χ1) is 8.79. The van der Waals surface area contributed by atoms with E-state index in [1.54, 1.807) is 0 Å². The number of carbonyl (C=O) groups is 1. The molecule has 0 aromatic rings. The Morgan fingerprint density at radius 3 is 2.61 bits per heavy atom. The first kappa shape index (κ1) is 13.4. The van der Waals surface area contributed by atoms with Crippen LogP contribution in [0.25, 0.3) is 0 Å². The topological polar surface area (TPSA) is 56.1 Å². The van der Waals surface area contributed by atoms with Gasteiger partial charge in [-0.25, -0.2) is 0 Å². The highest BCUT2D eigenvalue weighted by atomic mass is 16.2. The fraction of sp³-hybridized carbons (Fsp3) is 0.857. The van der Waals surface area contributed by atoms with Crippen LogP contribution in [0.4, 0.5) is 0 Å². The molecule has 100 valence electrons. The summed E-state index contributed by atoms with van der Waals surface area (Å²) in [7, 11) is 0. The quantitative estimate of drug-likeness (QED) is 0.830. The summed E-state index contributed by atoms with van der Waals surface area (Å²) in [5.74, 6) is 0.101. The Bertz CT molecular complexity index is 317. The summed E-state index contributed by atoms with van der Waals surface area (Å²) in [4.78, 5) is 14.0. The van der Waals surface area contributed by atoms with E-state index in [2.05, 4.69) is 11.4 Å². The molecular weight excluding hydrogens is 226 g/mol. The summed E-state index contributed by atoms with van der Waals surface area (Å²) in [6, 6.07) is 2.62. The number of amides is 1. The molecular formula is C14H23N3O. The summed E-state index contributed by atoms with van der Waals surface area (Å²) >= 11 is 0. The lowest BCUT2D eigenvalue weighted by atomic mass is 9.95. The van der Waals surface area contributed by atoms with E-state index in [9.17, 15) is 4.79 Å². The molecule has 2 fully saturated rings. The summed E-state index contributed by atoms with van der Waals surface area (Å²) in [5, 5.41) is 12.2. The minimum absolute atomic E-state index is 0.0594. The molecule has 0 radical (unpaired) electrons. The van der Waals surface area contributed by atoms with Gasteiger partial charge in [-0.15, -0.1) is 0 Å². The Morgan fingerprint density at radius 1 is 1.17 bits per heavy atom. The Morgan fingerprint density at radius 2 is 1.89 bits per heavy atom. The highest BCUT2D eigenvalue weighted by Crippen LogP contribution is 2.18. The van der Waals surface area contributed by atoms with Crippen molar-refractivity contribution in [2.75, 3.05) is 13.1 Å². The zero-order chi connectivity index (χ0) is 12.8. The SMILES string of the molecule is N#CC1CCCCN1CC(=O)NC1CCCCC1. The van der Waals surface area contributed by atoms with Crippen LogP contribution in [0.15, 0.2) is 0 Å². The van der Waals surface area contributed by atoms with Gasteiger partial charge >= 0.3 is 0 Å². The molecule has 1 unspecified atom stereocenters. The maximum atomic E-state index is 12.0. The zero-order valence-corrected chi connectivity index (χ0v) is 11.0. The monoisotopic (exact) mass is 249 g/mol. The number of hydrogen-bond donors (Lipinski definition) is 1. The van der Waals surface area contributed by atoms with Crippen LogP contribution in [0.5, 0.6) is 0 Å². The van der Waals surface area contributed by atoms with Crippen LogP contribution in [0.3, 0.4) is 0 Å². The maximum absolute atomic E-state index is 12.0. The molecule has 0 aromatic heterocycles. The normalized spacial score (nSPS) is 26.5. The van der Waals surface area contributed by atoms with E-state index < -0.39 is 0 Å². The van der Waals surface area contributed by atoms with Crippen molar-refractivity contribution in [1.29, 1.82) is 5.26 Å².